The van der Waals surface area contributed by atoms with Crippen LogP contribution in [-0.2, 0) is 22.6 Å². The van der Waals surface area contributed by atoms with Crippen LogP contribution in [0.25, 0.3) is 0 Å². The molecule has 0 aromatic heterocycles. The van der Waals surface area contributed by atoms with Gasteiger partial charge in [0.05, 0.1) is 17.7 Å². The van der Waals surface area contributed by atoms with Gasteiger partial charge in [-0.2, -0.15) is 0 Å². The molecular weight excluding hydrogens is 420 g/mol. The number of amides is 1. The van der Waals surface area contributed by atoms with Gasteiger partial charge in [-0.15, -0.1) is 0 Å². The molecule has 0 saturated carbocycles. The molecule has 1 N–H and O–H groups in total. The Bertz CT molecular complexity index is 806. The minimum Gasteiger partial charge on any atom is -0.480 e. The Morgan fingerprint density at radius 1 is 1.21 bits per heavy atom. The molecule has 2 aromatic rings. The van der Waals surface area contributed by atoms with Crippen LogP contribution in [0.1, 0.15) is 23.6 Å². The molecule has 2 aromatic carbocycles. The van der Waals surface area contributed by atoms with Gasteiger partial charge in [-0.1, -0.05) is 30.3 Å². The van der Waals surface area contributed by atoms with Crippen LogP contribution in [0.15, 0.2) is 46.9 Å². The number of benzene rings is 2. The summed E-state index contributed by atoms with van der Waals surface area (Å²) in [4.78, 5) is 14.9. The predicted octanol–water partition coefficient (Wildman–Crippen LogP) is 3.67. The average molecular weight is 447 g/mol. The van der Waals surface area contributed by atoms with E-state index in [1.165, 1.54) is 5.56 Å². The molecule has 5 nitrogen and oxygen atoms in total. The highest BCUT2D eigenvalue weighted by Crippen LogP contribution is 2.26. The van der Waals surface area contributed by atoms with E-state index in [4.69, 9.17) is 9.47 Å². The van der Waals surface area contributed by atoms with Crippen molar-refractivity contribution in [1.29, 1.82) is 0 Å². The van der Waals surface area contributed by atoms with Crippen molar-refractivity contribution in [2.45, 2.75) is 33.0 Å². The minimum atomic E-state index is -0.578. The first-order valence-electron chi connectivity index (χ1n) is 9.60. The van der Waals surface area contributed by atoms with Crippen molar-refractivity contribution in [3.8, 4) is 5.75 Å². The van der Waals surface area contributed by atoms with Crippen LogP contribution >= 0.6 is 15.9 Å². The van der Waals surface area contributed by atoms with Gasteiger partial charge in [-0.3, -0.25) is 9.69 Å². The van der Waals surface area contributed by atoms with Crippen molar-refractivity contribution in [2.75, 3.05) is 26.3 Å². The van der Waals surface area contributed by atoms with Gasteiger partial charge in [0.25, 0.3) is 5.91 Å². The molecule has 3 rings (SSSR count). The lowest BCUT2D eigenvalue weighted by Gasteiger charge is -2.27. The first-order valence-corrected chi connectivity index (χ1v) is 10.4. The molecule has 0 radical (unpaired) electrons. The molecule has 1 atom stereocenters. The van der Waals surface area contributed by atoms with Crippen LogP contribution in [0, 0.1) is 6.92 Å². The molecule has 1 fully saturated rings. The summed E-state index contributed by atoms with van der Waals surface area (Å²) in [5, 5.41) is 3.01. The summed E-state index contributed by atoms with van der Waals surface area (Å²) in [5.74, 6) is 0.537. The van der Waals surface area contributed by atoms with Gasteiger partial charge in [-0.25, -0.2) is 0 Å². The van der Waals surface area contributed by atoms with Crippen molar-refractivity contribution < 1.29 is 14.3 Å². The SMILES string of the molecule is Cc1ccc(OC(C)C(=O)NCc2ccccc2CN2CCOCC2)c(Br)c1. The predicted molar refractivity (Wildman–Crippen MR) is 113 cm³/mol. The first kappa shape index (κ1) is 20.8. The van der Waals surface area contributed by atoms with E-state index in [-0.39, 0.29) is 5.91 Å². The van der Waals surface area contributed by atoms with Gasteiger partial charge in [0.15, 0.2) is 6.10 Å². The Kier molecular flexibility index (Phi) is 7.48. The van der Waals surface area contributed by atoms with E-state index in [2.05, 4.69) is 38.3 Å². The maximum absolute atomic E-state index is 12.5. The van der Waals surface area contributed by atoms with Crippen molar-refractivity contribution >= 4 is 21.8 Å². The number of rotatable bonds is 7. The van der Waals surface area contributed by atoms with Gasteiger partial charge >= 0.3 is 0 Å². The average Bonchev–Trinajstić information content (AvgIpc) is 2.70. The molecular formula is C22H27BrN2O3. The van der Waals surface area contributed by atoms with Crippen LogP contribution in [0.2, 0.25) is 0 Å². The van der Waals surface area contributed by atoms with E-state index in [9.17, 15) is 4.79 Å². The van der Waals surface area contributed by atoms with Crippen molar-refractivity contribution in [2.24, 2.45) is 0 Å². The molecule has 1 unspecified atom stereocenters. The molecule has 0 bridgehead atoms. The lowest BCUT2D eigenvalue weighted by molar-refractivity contribution is -0.127. The number of halogens is 1. The summed E-state index contributed by atoms with van der Waals surface area (Å²) in [6.07, 6.45) is -0.578. The summed E-state index contributed by atoms with van der Waals surface area (Å²) in [5.41, 5.74) is 3.50. The fourth-order valence-corrected chi connectivity index (χ4v) is 3.74. The molecule has 1 heterocycles. The van der Waals surface area contributed by atoms with Crippen LogP contribution in [-0.4, -0.2) is 43.2 Å². The van der Waals surface area contributed by atoms with Crippen LogP contribution in [0.5, 0.6) is 5.75 Å². The molecule has 150 valence electrons. The number of morpholine rings is 1. The summed E-state index contributed by atoms with van der Waals surface area (Å²) in [6.45, 7) is 8.58. The van der Waals surface area contributed by atoms with E-state index in [0.29, 0.717) is 12.3 Å². The highest BCUT2D eigenvalue weighted by Gasteiger charge is 2.17. The zero-order valence-electron chi connectivity index (χ0n) is 16.4. The third-order valence-corrected chi connectivity index (χ3v) is 5.45. The Hall–Kier alpha value is -1.89. The fraction of sp³-hybridized carbons (Fsp3) is 0.409. The van der Waals surface area contributed by atoms with Crippen LogP contribution in [0.4, 0.5) is 0 Å². The van der Waals surface area contributed by atoms with Gasteiger partial charge in [0.1, 0.15) is 5.75 Å². The lowest BCUT2D eigenvalue weighted by atomic mass is 10.1. The molecule has 1 saturated heterocycles. The topological polar surface area (TPSA) is 50.8 Å². The second kappa shape index (κ2) is 10.0. The van der Waals surface area contributed by atoms with Crippen LogP contribution in [0.3, 0.4) is 0 Å². The van der Waals surface area contributed by atoms with Gasteiger partial charge in [0, 0.05) is 26.2 Å². The third-order valence-electron chi connectivity index (χ3n) is 4.83. The Balaban J connectivity index is 1.56. The Morgan fingerprint density at radius 3 is 2.64 bits per heavy atom. The minimum absolute atomic E-state index is 0.131. The van der Waals surface area contributed by atoms with E-state index in [0.717, 1.165) is 48.4 Å². The highest BCUT2D eigenvalue weighted by molar-refractivity contribution is 9.10. The number of hydrogen-bond donors (Lipinski definition) is 1. The van der Waals surface area contributed by atoms with E-state index in [1.54, 1.807) is 6.92 Å². The van der Waals surface area contributed by atoms with Gasteiger partial charge < -0.3 is 14.8 Å². The summed E-state index contributed by atoms with van der Waals surface area (Å²) in [7, 11) is 0. The maximum Gasteiger partial charge on any atom is 0.261 e. The summed E-state index contributed by atoms with van der Waals surface area (Å²) < 4.78 is 12.1. The van der Waals surface area contributed by atoms with E-state index < -0.39 is 6.10 Å². The van der Waals surface area contributed by atoms with E-state index in [1.807, 2.05) is 37.3 Å². The summed E-state index contributed by atoms with van der Waals surface area (Å²) >= 11 is 3.49. The zero-order valence-corrected chi connectivity index (χ0v) is 18.0. The van der Waals surface area contributed by atoms with E-state index >= 15 is 0 Å². The molecule has 6 heteroatoms. The second-order valence-electron chi connectivity index (χ2n) is 7.07. The Labute approximate surface area is 175 Å². The lowest BCUT2D eigenvalue weighted by Crippen LogP contribution is -2.37. The molecule has 1 aliphatic heterocycles. The summed E-state index contributed by atoms with van der Waals surface area (Å²) in [6, 6.07) is 14.1. The first-order chi connectivity index (χ1) is 13.5. The molecule has 1 aliphatic rings. The number of carbonyl (C=O) groups excluding carboxylic acids is 1. The van der Waals surface area contributed by atoms with Gasteiger partial charge in [0.2, 0.25) is 0 Å². The standard InChI is InChI=1S/C22H27BrN2O3/c1-16-7-8-21(20(23)13-16)28-17(2)22(26)24-14-18-5-3-4-6-19(18)15-25-9-11-27-12-10-25/h3-8,13,17H,9-12,14-15H2,1-2H3,(H,24,26). The second-order valence-corrected chi connectivity index (χ2v) is 7.92. The molecule has 28 heavy (non-hydrogen) atoms. The van der Waals surface area contributed by atoms with Crippen LogP contribution < -0.4 is 10.1 Å². The molecule has 1 amide bonds. The number of nitrogens with zero attached hydrogens (tertiary/aromatic N) is 1. The molecule has 0 aliphatic carbocycles. The number of nitrogens with one attached hydrogen (secondary N) is 1. The zero-order chi connectivity index (χ0) is 19.9. The number of hydrogen-bond acceptors (Lipinski definition) is 4. The van der Waals surface area contributed by atoms with Gasteiger partial charge in [-0.05, 0) is 58.6 Å². The number of ether oxygens (including phenoxy) is 2. The monoisotopic (exact) mass is 446 g/mol. The number of carbonyl (C=O) groups is 1. The van der Waals surface area contributed by atoms with Crippen molar-refractivity contribution in [1.82, 2.24) is 10.2 Å². The smallest absolute Gasteiger partial charge is 0.261 e. The number of aryl methyl sites for hydroxylation is 1. The highest BCUT2D eigenvalue weighted by atomic mass is 79.9. The van der Waals surface area contributed by atoms with Crippen molar-refractivity contribution in [3.05, 3.63) is 63.6 Å². The maximum atomic E-state index is 12.5. The van der Waals surface area contributed by atoms with Crippen molar-refractivity contribution in [3.63, 3.8) is 0 Å². The Morgan fingerprint density at radius 2 is 1.93 bits per heavy atom. The quantitative estimate of drug-likeness (QED) is 0.704. The fourth-order valence-electron chi connectivity index (χ4n) is 3.16. The molecule has 0 spiro atoms. The normalized spacial score (nSPS) is 15.8. The third kappa shape index (κ3) is 5.80. The largest absolute Gasteiger partial charge is 0.480 e.